The van der Waals surface area contributed by atoms with E-state index in [1.807, 2.05) is 11.6 Å². The molecule has 2 rings (SSSR count). The normalized spacial score (nSPS) is 12.9. The predicted octanol–water partition coefficient (Wildman–Crippen LogP) is 2.55. The van der Waals surface area contributed by atoms with Gasteiger partial charge in [0.15, 0.2) is 5.82 Å². The average Bonchev–Trinajstić information content (AvgIpc) is 2.86. The van der Waals surface area contributed by atoms with Crippen molar-refractivity contribution in [3.63, 3.8) is 0 Å². The van der Waals surface area contributed by atoms with Gasteiger partial charge < -0.3 is 9.09 Å². The van der Waals surface area contributed by atoms with Gasteiger partial charge >= 0.3 is 0 Å². The molecule has 0 aliphatic heterocycles. The zero-order chi connectivity index (χ0) is 11.5. The summed E-state index contributed by atoms with van der Waals surface area (Å²) in [4.78, 5) is 8.25. The Hall–Kier alpha value is -1.36. The number of aryl methyl sites for hydroxylation is 1. The molecule has 6 heteroatoms. The summed E-state index contributed by atoms with van der Waals surface area (Å²) in [7, 11) is 1.87. The Bertz CT molecular complexity index is 465. The Morgan fingerprint density at radius 3 is 3.00 bits per heavy atom. The highest BCUT2D eigenvalue weighted by Gasteiger charge is 2.17. The summed E-state index contributed by atoms with van der Waals surface area (Å²) in [5, 5.41) is 3.69. The molecule has 0 aliphatic rings. The van der Waals surface area contributed by atoms with Crippen LogP contribution in [0.1, 0.15) is 31.0 Å². The van der Waals surface area contributed by atoms with Gasteiger partial charge in [0.05, 0.1) is 17.9 Å². The van der Waals surface area contributed by atoms with Gasteiger partial charge in [0.2, 0.25) is 0 Å². The van der Waals surface area contributed by atoms with E-state index in [-0.39, 0.29) is 5.38 Å². The maximum Gasteiger partial charge on any atom is 0.276 e. The number of aromatic nitrogens is 4. The fraction of sp³-hybridized carbons (Fsp3) is 0.500. The second kappa shape index (κ2) is 4.65. The first kappa shape index (κ1) is 11.1. The van der Waals surface area contributed by atoms with Crippen LogP contribution in [0.3, 0.4) is 0 Å². The molecule has 5 nitrogen and oxygen atoms in total. The zero-order valence-electron chi connectivity index (χ0n) is 9.22. The summed E-state index contributed by atoms with van der Waals surface area (Å²) in [6.07, 6.45) is 5.19. The van der Waals surface area contributed by atoms with Gasteiger partial charge in [-0.1, -0.05) is 18.5 Å². The van der Waals surface area contributed by atoms with Crippen LogP contribution in [0.4, 0.5) is 0 Å². The fourth-order valence-electron chi connectivity index (χ4n) is 1.41. The molecule has 2 heterocycles. The van der Waals surface area contributed by atoms with Crippen molar-refractivity contribution in [2.75, 3.05) is 0 Å². The number of rotatable bonds is 4. The summed E-state index contributed by atoms with van der Waals surface area (Å²) in [6, 6.07) is 0. The quantitative estimate of drug-likeness (QED) is 0.771. The van der Waals surface area contributed by atoms with Crippen molar-refractivity contribution in [2.45, 2.75) is 25.1 Å². The van der Waals surface area contributed by atoms with Crippen LogP contribution < -0.4 is 0 Å². The zero-order valence-corrected chi connectivity index (χ0v) is 9.98. The van der Waals surface area contributed by atoms with E-state index < -0.39 is 0 Å². The second-order valence-corrected chi connectivity index (χ2v) is 4.13. The molecule has 0 fully saturated rings. The minimum Gasteiger partial charge on any atom is -0.332 e. The number of halogens is 1. The number of alkyl halides is 1. The molecule has 2 aromatic rings. The first-order valence-corrected chi connectivity index (χ1v) is 5.60. The molecule has 0 aliphatic carbocycles. The van der Waals surface area contributed by atoms with Crippen LogP contribution in [0.2, 0.25) is 0 Å². The molecule has 0 amide bonds. The van der Waals surface area contributed by atoms with E-state index in [0.717, 1.165) is 18.5 Å². The van der Waals surface area contributed by atoms with Crippen LogP contribution in [-0.4, -0.2) is 19.7 Å². The number of hydrogen-bond donors (Lipinski definition) is 0. The lowest BCUT2D eigenvalue weighted by molar-refractivity contribution is 0.418. The second-order valence-electron chi connectivity index (χ2n) is 3.60. The lowest BCUT2D eigenvalue weighted by Gasteiger charge is -1.99. The van der Waals surface area contributed by atoms with Gasteiger partial charge in [-0.25, -0.2) is 4.98 Å². The van der Waals surface area contributed by atoms with Crippen LogP contribution in [0.5, 0.6) is 0 Å². The number of nitrogens with zero attached hydrogens (tertiary/aromatic N) is 4. The molecule has 0 radical (unpaired) electrons. The minimum absolute atomic E-state index is 0.185. The SMILES string of the molecule is CCCC(Cl)c1noc(-c2cncn2C)n1. The van der Waals surface area contributed by atoms with E-state index in [4.69, 9.17) is 16.1 Å². The number of imidazole rings is 1. The van der Waals surface area contributed by atoms with Crippen molar-refractivity contribution in [3.05, 3.63) is 18.3 Å². The van der Waals surface area contributed by atoms with Crippen molar-refractivity contribution >= 4 is 11.6 Å². The molecule has 2 aromatic heterocycles. The molecule has 1 unspecified atom stereocenters. The third-order valence-corrected chi connectivity index (χ3v) is 2.71. The van der Waals surface area contributed by atoms with E-state index in [9.17, 15) is 0 Å². The molecule has 0 spiro atoms. The largest absolute Gasteiger partial charge is 0.332 e. The van der Waals surface area contributed by atoms with E-state index in [1.54, 1.807) is 12.5 Å². The predicted molar refractivity (Wildman–Crippen MR) is 60.0 cm³/mol. The molecule has 0 bridgehead atoms. The summed E-state index contributed by atoms with van der Waals surface area (Å²) >= 11 is 6.11. The monoisotopic (exact) mass is 240 g/mol. The molecule has 0 saturated carbocycles. The van der Waals surface area contributed by atoms with Gasteiger partial charge in [-0.2, -0.15) is 4.98 Å². The Morgan fingerprint density at radius 2 is 2.38 bits per heavy atom. The van der Waals surface area contributed by atoms with E-state index in [2.05, 4.69) is 22.0 Å². The Balaban J connectivity index is 2.23. The molecular weight excluding hydrogens is 228 g/mol. The van der Waals surface area contributed by atoms with Crippen LogP contribution in [0.25, 0.3) is 11.6 Å². The molecule has 1 atom stereocenters. The summed E-state index contributed by atoms with van der Waals surface area (Å²) in [5.74, 6) is 0.997. The maximum absolute atomic E-state index is 6.11. The van der Waals surface area contributed by atoms with Gasteiger partial charge in [0, 0.05) is 7.05 Å². The number of hydrogen-bond acceptors (Lipinski definition) is 4. The third kappa shape index (κ3) is 2.09. The van der Waals surface area contributed by atoms with Gasteiger partial charge in [-0.3, -0.25) is 0 Å². The molecule has 0 aromatic carbocycles. The molecule has 86 valence electrons. The van der Waals surface area contributed by atoms with Crippen molar-refractivity contribution in [1.82, 2.24) is 19.7 Å². The third-order valence-electron chi connectivity index (χ3n) is 2.30. The van der Waals surface area contributed by atoms with E-state index in [1.165, 1.54) is 0 Å². The molecule has 0 N–H and O–H groups in total. The van der Waals surface area contributed by atoms with Gasteiger partial charge in [0.1, 0.15) is 5.69 Å². The van der Waals surface area contributed by atoms with E-state index >= 15 is 0 Å². The van der Waals surface area contributed by atoms with E-state index in [0.29, 0.717) is 11.7 Å². The van der Waals surface area contributed by atoms with Gasteiger partial charge in [0.25, 0.3) is 5.89 Å². The standard InChI is InChI=1S/C10H13ClN4O/c1-3-4-7(11)9-13-10(16-14-9)8-5-12-6-15(8)2/h5-7H,3-4H2,1-2H3. The molecule has 0 saturated heterocycles. The van der Waals surface area contributed by atoms with Crippen molar-refractivity contribution in [2.24, 2.45) is 7.05 Å². The average molecular weight is 241 g/mol. The molecular formula is C10H13ClN4O. The molecule has 16 heavy (non-hydrogen) atoms. The first-order chi connectivity index (χ1) is 7.72. The van der Waals surface area contributed by atoms with Crippen molar-refractivity contribution in [3.8, 4) is 11.6 Å². The van der Waals surface area contributed by atoms with Crippen LogP contribution in [0.15, 0.2) is 17.0 Å². The Kier molecular flexibility index (Phi) is 3.24. The van der Waals surface area contributed by atoms with Gasteiger partial charge in [-0.05, 0) is 6.42 Å². The summed E-state index contributed by atoms with van der Waals surface area (Å²) in [5.41, 5.74) is 0.791. The van der Waals surface area contributed by atoms with Crippen molar-refractivity contribution in [1.29, 1.82) is 0 Å². The highest BCUT2D eigenvalue weighted by atomic mass is 35.5. The van der Waals surface area contributed by atoms with Crippen LogP contribution in [0, 0.1) is 0 Å². The highest BCUT2D eigenvalue weighted by Crippen LogP contribution is 2.25. The van der Waals surface area contributed by atoms with Gasteiger partial charge in [-0.15, -0.1) is 11.6 Å². The minimum atomic E-state index is -0.185. The fourth-order valence-corrected chi connectivity index (χ4v) is 1.72. The smallest absolute Gasteiger partial charge is 0.276 e. The summed E-state index contributed by atoms with van der Waals surface area (Å²) < 4.78 is 6.97. The Labute approximate surface area is 98.4 Å². The lowest BCUT2D eigenvalue weighted by atomic mass is 10.2. The van der Waals surface area contributed by atoms with Crippen molar-refractivity contribution < 1.29 is 4.52 Å². The van der Waals surface area contributed by atoms with Crippen LogP contribution in [-0.2, 0) is 7.05 Å². The van der Waals surface area contributed by atoms with Crippen LogP contribution >= 0.6 is 11.6 Å². The first-order valence-electron chi connectivity index (χ1n) is 5.16. The lowest BCUT2D eigenvalue weighted by Crippen LogP contribution is -1.93. The highest BCUT2D eigenvalue weighted by molar-refractivity contribution is 6.20. The topological polar surface area (TPSA) is 56.7 Å². The maximum atomic E-state index is 6.11. The Morgan fingerprint density at radius 1 is 1.56 bits per heavy atom. The summed E-state index contributed by atoms with van der Waals surface area (Å²) in [6.45, 7) is 2.07.